The molecular weight excluding hydrogens is 807 g/mol. The number of esters is 2. The summed E-state index contributed by atoms with van der Waals surface area (Å²) in [5, 5.41) is 8.84. The zero-order valence-corrected chi connectivity index (χ0v) is 40.8. The van der Waals surface area contributed by atoms with E-state index in [9.17, 15) is 14.4 Å². The summed E-state index contributed by atoms with van der Waals surface area (Å²) < 4.78 is 46.3. The van der Waals surface area contributed by atoms with Gasteiger partial charge in [0.2, 0.25) is 0 Å². The van der Waals surface area contributed by atoms with Crippen LogP contribution < -0.4 is 0 Å². The lowest BCUT2D eigenvalue weighted by molar-refractivity contribution is -0.159. The largest absolute Gasteiger partial charge is 0.481 e. The van der Waals surface area contributed by atoms with E-state index in [1.807, 2.05) is 6.92 Å². The fourth-order valence-electron chi connectivity index (χ4n) is 7.54. The molecule has 0 aliphatic carbocycles. The Morgan fingerprint density at radius 1 is 0.524 bits per heavy atom. The Kier molecular flexibility index (Phi) is 40.1. The summed E-state index contributed by atoms with van der Waals surface area (Å²) >= 11 is 0. The Morgan fingerprint density at radius 2 is 0.968 bits per heavy atom. The number of unbranched alkanes of at least 4 members (excludes halogenated alkanes) is 16. The summed E-state index contributed by atoms with van der Waals surface area (Å²) in [5.74, 6) is -0.897. The first-order chi connectivity index (χ1) is 30.7. The molecule has 0 radical (unpaired) electrons. The van der Waals surface area contributed by atoms with Crippen molar-refractivity contribution in [3.63, 3.8) is 0 Å². The Hall–Kier alpha value is -1.87. The van der Waals surface area contributed by atoms with Gasteiger partial charge in [-0.1, -0.05) is 104 Å². The van der Waals surface area contributed by atoms with Gasteiger partial charge in [-0.05, 0) is 91.3 Å². The third-order valence-electron chi connectivity index (χ3n) is 11.9. The zero-order chi connectivity index (χ0) is 45.9. The summed E-state index contributed by atoms with van der Waals surface area (Å²) in [6.45, 7) is 13.7. The number of carbonyl (C=O) groups is 3. The number of aliphatic carboxylic acids is 1. The van der Waals surface area contributed by atoms with Gasteiger partial charge in [0, 0.05) is 26.1 Å². The van der Waals surface area contributed by atoms with Gasteiger partial charge in [-0.15, -0.1) is 0 Å². The van der Waals surface area contributed by atoms with Crippen LogP contribution in [0.1, 0.15) is 188 Å². The number of carboxylic acid groups (broad SMARTS) is 1. The summed E-state index contributed by atoms with van der Waals surface area (Å²) in [6.07, 6.45) is 26.2. The lowest BCUT2D eigenvalue weighted by Crippen LogP contribution is -2.42. The normalized spacial score (nSPS) is 15.0. The molecule has 2 unspecified atom stereocenters. The van der Waals surface area contributed by atoms with E-state index in [-0.39, 0.29) is 37.2 Å². The van der Waals surface area contributed by atoms with Crippen molar-refractivity contribution in [2.75, 3.05) is 99.4 Å². The van der Waals surface area contributed by atoms with E-state index in [2.05, 4.69) is 25.8 Å². The third-order valence-corrected chi connectivity index (χ3v) is 11.9. The van der Waals surface area contributed by atoms with Crippen LogP contribution >= 0.6 is 0 Å². The quantitative estimate of drug-likeness (QED) is 0.0457. The second kappa shape index (κ2) is 42.7. The molecule has 63 heavy (non-hydrogen) atoms. The number of carbonyl (C=O) groups excluding carboxylic acids is 2. The van der Waals surface area contributed by atoms with Crippen LogP contribution in [0.15, 0.2) is 0 Å². The molecule has 1 rings (SSSR count). The smallest absolute Gasteiger partial charge is 0.311 e. The fourth-order valence-corrected chi connectivity index (χ4v) is 7.54. The van der Waals surface area contributed by atoms with Gasteiger partial charge in [0.05, 0.1) is 64.9 Å². The first-order valence-electron chi connectivity index (χ1n) is 25.5. The van der Waals surface area contributed by atoms with Crippen molar-refractivity contribution in [3.8, 4) is 0 Å². The molecular formula is C50H95NO12. The molecule has 1 heterocycles. The van der Waals surface area contributed by atoms with Gasteiger partial charge < -0.3 is 47.9 Å². The molecule has 0 aromatic rings. The number of hydrogen-bond acceptors (Lipinski definition) is 12. The summed E-state index contributed by atoms with van der Waals surface area (Å²) in [7, 11) is 2.07. The maximum atomic E-state index is 12.7. The molecule has 13 heteroatoms. The molecule has 0 aromatic carbocycles. The monoisotopic (exact) mass is 902 g/mol. The molecule has 0 saturated carbocycles. The molecule has 2 atom stereocenters. The SMILES string of the molecule is CCCCCCCCC(CCCCCC)OC(=O)CCCCCCCOCC(COCCOCCOCCOCCOC(=O)C1(C)CCN(C)CC1)OCCCCCCCC(=O)O. The van der Waals surface area contributed by atoms with Crippen molar-refractivity contribution < 1.29 is 57.4 Å². The van der Waals surface area contributed by atoms with Crippen LogP contribution in [0.4, 0.5) is 0 Å². The van der Waals surface area contributed by atoms with E-state index < -0.39 is 11.4 Å². The topological polar surface area (TPSA) is 149 Å². The first-order valence-corrected chi connectivity index (χ1v) is 25.5. The standard InChI is InChI=1S/C50H95NO12/c1-5-7-9-11-14-20-26-45(25-19-10-8-6-2)63-48(54)28-22-16-13-17-23-33-59-43-46(61-34-24-18-12-15-21-27-47(52)53)44-60-40-39-57-36-35-56-37-38-58-41-42-62-49(55)50(3)29-31-51(4)32-30-50/h45-46H,5-44H2,1-4H3,(H,52,53). The average molecular weight is 902 g/mol. The maximum Gasteiger partial charge on any atom is 0.311 e. The molecule has 0 amide bonds. The highest BCUT2D eigenvalue weighted by atomic mass is 16.6. The summed E-state index contributed by atoms with van der Waals surface area (Å²) in [6, 6.07) is 0. The highest BCUT2D eigenvalue weighted by molar-refractivity contribution is 5.76. The van der Waals surface area contributed by atoms with Crippen LogP contribution in [-0.4, -0.2) is 140 Å². The van der Waals surface area contributed by atoms with Crippen molar-refractivity contribution in [2.45, 2.75) is 200 Å². The lowest BCUT2D eigenvalue weighted by Gasteiger charge is -2.35. The predicted molar refractivity (Wildman–Crippen MR) is 249 cm³/mol. The number of carboxylic acids is 1. The van der Waals surface area contributed by atoms with Gasteiger partial charge in [0.15, 0.2) is 0 Å². The van der Waals surface area contributed by atoms with Gasteiger partial charge in [-0.3, -0.25) is 14.4 Å². The second-order valence-corrected chi connectivity index (χ2v) is 17.9. The van der Waals surface area contributed by atoms with Crippen LogP contribution in [0, 0.1) is 5.41 Å². The van der Waals surface area contributed by atoms with Crippen molar-refractivity contribution in [2.24, 2.45) is 5.41 Å². The van der Waals surface area contributed by atoms with E-state index in [0.717, 1.165) is 109 Å². The average Bonchev–Trinajstić information content (AvgIpc) is 3.27. The zero-order valence-electron chi connectivity index (χ0n) is 40.8. The Balaban J connectivity index is 2.19. The van der Waals surface area contributed by atoms with Crippen LogP contribution in [0.25, 0.3) is 0 Å². The lowest BCUT2D eigenvalue weighted by atomic mass is 9.80. The summed E-state index contributed by atoms with van der Waals surface area (Å²) in [4.78, 5) is 38.1. The van der Waals surface area contributed by atoms with Crippen LogP contribution in [0.5, 0.6) is 0 Å². The van der Waals surface area contributed by atoms with Gasteiger partial charge in [-0.25, -0.2) is 0 Å². The molecule has 1 saturated heterocycles. The number of likely N-dealkylation sites (tertiary alicyclic amines) is 1. The van der Waals surface area contributed by atoms with Crippen molar-refractivity contribution >= 4 is 17.9 Å². The Bertz CT molecular complexity index is 1060. The van der Waals surface area contributed by atoms with E-state index in [0.29, 0.717) is 85.5 Å². The van der Waals surface area contributed by atoms with E-state index in [1.54, 1.807) is 0 Å². The Morgan fingerprint density at radius 3 is 1.54 bits per heavy atom. The predicted octanol–water partition coefficient (Wildman–Crippen LogP) is 10.1. The van der Waals surface area contributed by atoms with E-state index in [1.165, 1.54) is 51.4 Å². The van der Waals surface area contributed by atoms with Crippen LogP contribution in [-0.2, 0) is 52.3 Å². The van der Waals surface area contributed by atoms with Crippen LogP contribution in [0.3, 0.4) is 0 Å². The minimum absolute atomic E-state index is 0.0275. The van der Waals surface area contributed by atoms with Gasteiger partial charge in [0.1, 0.15) is 18.8 Å². The number of nitrogens with zero attached hydrogens (tertiary/aromatic N) is 1. The van der Waals surface area contributed by atoms with Crippen molar-refractivity contribution in [1.82, 2.24) is 4.90 Å². The maximum absolute atomic E-state index is 12.7. The molecule has 1 N–H and O–H groups in total. The number of ether oxygens (including phenoxy) is 8. The molecule has 1 aliphatic heterocycles. The van der Waals surface area contributed by atoms with E-state index >= 15 is 0 Å². The number of piperidine rings is 1. The molecule has 0 bridgehead atoms. The van der Waals surface area contributed by atoms with Crippen molar-refractivity contribution in [1.29, 1.82) is 0 Å². The first kappa shape index (κ1) is 59.1. The van der Waals surface area contributed by atoms with Crippen molar-refractivity contribution in [3.05, 3.63) is 0 Å². The number of rotatable bonds is 47. The second-order valence-electron chi connectivity index (χ2n) is 17.9. The molecule has 1 aliphatic rings. The Labute approximate surface area is 384 Å². The minimum Gasteiger partial charge on any atom is -0.481 e. The molecule has 1 fully saturated rings. The summed E-state index contributed by atoms with van der Waals surface area (Å²) in [5.41, 5.74) is -0.398. The molecule has 0 aromatic heterocycles. The molecule has 0 spiro atoms. The van der Waals surface area contributed by atoms with Gasteiger partial charge in [0.25, 0.3) is 0 Å². The molecule has 372 valence electrons. The van der Waals surface area contributed by atoms with Gasteiger partial charge in [-0.2, -0.15) is 0 Å². The van der Waals surface area contributed by atoms with E-state index in [4.69, 9.17) is 43.0 Å². The fraction of sp³-hybridized carbons (Fsp3) is 0.940. The van der Waals surface area contributed by atoms with Gasteiger partial charge >= 0.3 is 17.9 Å². The minimum atomic E-state index is -0.737. The highest BCUT2D eigenvalue weighted by Gasteiger charge is 2.37. The molecule has 13 nitrogen and oxygen atoms in total. The number of hydrogen-bond donors (Lipinski definition) is 1. The van der Waals surface area contributed by atoms with Crippen LogP contribution in [0.2, 0.25) is 0 Å². The third kappa shape index (κ3) is 37.0. The highest BCUT2D eigenvalue weighted by Crippen LogP contribution is 2.31.